The fourth-order valence-electron chi connectivity index (χ4n) is 8.52. The maximum atomic E-state index is 12.8. The van der Waals surface area contributed by atoms with Gasteiger partial charge in [-0.1, -0.05) is 39.0 Å². The molecule has 1 aromatic heterocycles. The van der Waals surface area contributed by atoms with Crippen LogP contribution in [0.15, 0.2) is 54.6 Å². The van der Waals surface area contributed by atoms with Gasteiger partial charge in [-0.2, -0.15) is 5.10 Å². The van der Waals surface area contributed by atoms with Crippen molar-refractivity contribution in [3.63, 3.8) is 0 Å². The zero-order chi connectivity index (χ0) is 32.9. The lowest BCUT2D eigenvalue weighted by Gasteiger charge is -2.56. The van der Waals surface area contributed by atoms with Crippen LogP contribution in [0.25, 0.3) is 11.3 Å². The Bertz CT molecular complexity index is 1590. The fraction of sp³-hybridized carbons (Fsp3) is 0.528. The molecule has 4 N–H and O–H groups in total. The first-order valence-corrected chi connectivity index (χ1v) is 17.0. The van der Waals surface area contributed by atoms with E-state index in [1.165, 1.54) is 0 Å². The first kappa shape index (κ1) is 31.5. The van der Waals surface area contributed by atoms with E-state index in [4.69, 9.17) is 15.6 Å². The van der Waals surface area contributed by atoms with Crippen molar-refractivity contribution >= 4 is 17.8 Å². The number of benzene rings is 2. The van der Waals surface area contributed by atoms with Crippen LogP contribution in [-0.4, -0.2) is 99.5 Å². The molecule has 3 aromatic rings. The molecule has 0 radical (unpaired) electrons. The van der Waals surface area contributed by atoms with Crippen molar-refractivity contribution < 1.29 is 19.4 Å². The first-order valence-electron chi connectivity index (χ1n) is 17.0. The van der Waals surface area contributed by atoms with Crippen molar-refractivity contribution in [3.8, 4) is 22.8 Å². The summed E-state index contributed by atoms with van der Waals surface area (Å²) in [6.07, 6.45) is 2.35. The molecule has 0 bridgehead atoms. The standard InChI is InChI=1S/C36H47N7O4/c1-36(2,3)32-25(20-42(32)35(45)46)19-40-21-26(22-40)41-17-14-23(15-18-41)29-13-16-38-34-30(33(37)44)31(39-43(29)34)24-9-11-28(12-10-24)47-27-7-5-4-6-8-27/h4-12,23,25-26,29,32,38H,13-22H2,1-3H3,(H2,37,44)(H,45,46). The summed E-state index contributed by atoms with van der Waals surface area (Å²) in [6, 6.07) is 18.2. The van der Waals surface area contributed by atoms with Crippen molar-refractivity contribution in [2.45, 2.75) is 58.2 Å². The Morgan fingerprint density at radius 2 is 1.66 bits per heavy atom. The molecule has 3 unspecified atom stereocenters. The number of anilines is 1. The lowest BCUT2D eigenvalue weighted by atomic mass is 9.72. The quantitative estimate of drug-likeness (QED) is 0.306. The normalized spacial score (nSPS) is 24.1. The van der Waals surface area contributed by atoms with E-state index in [2.05, 4.69) is 35.9 Å². The van der Waals surface area contributed by atoms with Gasteiger partial charge in [-0.25, -0.2) is 9.48 Å². The van der Waals surface area contributed by atoms with Crippen LogP contribution in [0, 0.1) is 17.3 Å². The molecule has 0 aliphatic carbocycles. The third-order valence-corrected chi connectivity index (χ3v) is 10.7. The molecule has 3 fully saturated rings. The number of aromatic nitrogens is 2. The summed E-state index contributed by atoms with van der Waals surface area (Å²) in [5.74, 6) is 2.61. The van der Waals surface area contributed by atoms with E-state index < -0.39 is 12.0 Å². The summed E-state index contributed by atoms with van der Waals surface area (Å²) in [7, 11) is 0. The number of piperidine rings is 1. The number of carbonyl (C=O) groups is 2. The molecule has 7 rings (SSSR count). The van der Waals surface area contributed by atoms with Crippen LogP contribution in [0.5, 0.6) is 11.5 Å². The zero-order valence-electron chi connectivity index (χ0n) is 27.6. The summed E-state index contributed by atoms with van der Waals surface area (Å²) >= 11 is 0. The Morgan fingerprint density at radius 1 is 0.979 bits per heavy atom. The number of nitrogens with zero attached hydrogens (tertiary/aromatic N) is 5. The second-order valence-corrected chi connectivity index (χ2v) is 14.9. The number of nitrogens with two attached hydrogens (primary N) is 1. The second kappa shape index (κ2) is 12.5. The average Bonchev–Trinajstić information content (AvgIpc) is 3.40. The Labute approximate surface area is 276 Å². The van der Waals surface area contributed by atoms with Gasteiger partial charge in [0.15, 0.2) is 0 Å². The van der Waals surface area contributed by atoms with E-state index >= 15 is 0 Å². The topological polar surface area (TPSA) is 129 Å². The number of ether oxygens (including phenoxy) is 1. The molecule has 47 heavy (non-hydrogen) atoms. The van der Waals surface area contributed by atoms with Gasteiger partial charge in [-0.15, -0.1) is 0 Å². The number of fused-ring (bicyclic) bond motifs is 1. The number of carbonyl (C=O) groups excluding carboxylic acids is 1. The van der Waals surface area contributed by atoms with Gasteiger partial charge in [-0.3, -0.25) is 14.6 Å². The second-order valence-electron chi connectivity index (χ2n) is 14.9. The molecule has 2 amide bonds. The third kappa shape index (κ3) is 6.18. The molecule has 0 spiro atoms. The molecule has 11 heteroatoms. The van der Waals surface area contributed by atoms with Crippen LogP contribution in [0.1, 0.15) is 56.4 Å². The highest BCUT2D eigenvalue weighted by atomic mass is 16.5. The van der Waals surface area contributed by atoms with Crippen LogP contribution in [0.3, 0.4) is 0 Å². The summed E-state index contributed by atoms with van der Waals surface area (Å²) in [5, 5.41) is 18.1. The number of rotatable bonds is 8. The lowest BCUT2D eigenvalue weighted by molar-refractivity contribution is -0.0694. The van der Waals surface area contributed by atoms with Gasteiger partial charge in [-0.05, 0) is 80.1 Å². The van der Waals surface area contributed by atoms with Gasteiger partial charge >= 0.3 is 6.09 Å². The zero-order valence-corrected chi connectivity index (χ0v) is 27.6. The highest BCUT2D eigenvalue weighted by molar-refractivity contribution is 6.03. The largest absolute Gasteiger partial charge is 0.465 e. The summed E-state index contributed by atoms with van der Waals surface area (Å²) in [6.45, 7) is 13.1. The summed E-state index contributed by atoms with van der Waals surface area (Å²) < 4.78 is 8.01. The highest BCUT2D eigenvalue weighted by Gasteiger charge is 2.50. The van der Waals surface area contributed by atoms with E-state index in [-0.39, 0.29) is 17.5 Å². The smallest absolute Gasteiger partial charge is 0.407 e. The lowest BCUT2D eigenvalue weighted by Crippen LogP contribution is -2.69. The summed E-state index contributed by atoms with van der Waals surface area (Å²) in [5.41, 5.74) is 7.79. The number of carboxylic acid groups (broad SMARTS) is 1. The predicted molar refractivity (Wildman–Crippen MR) is 181 cm³/mol. The first-order chi connectivity index (χ1) is 22.6. The minimum Gasteiger partial charge on any atom is -0.465 e. The maximum Gasteiger partial charge on any atom is 0.407 e. The molecule has 11 nitrogen and oxygen atoms in total. The van der Waals surface area contributed by atoms with Crippen LogP contribution in [-0.2, 0) is 0 Å². The van der Waals surface area contributed by atoms with Gasteiger partial charge in [0.05, 0.1) is 6.04 Å². The average molecular weight is 642 g/mol. The highest BCUT2D eigenvalue weighted by Crippen LogP contribution is 2.42. The molecule has 3 atom stereocenters. The molecular formula is C36H47N7O4. The third-order valence-electron chi connectivity index (χ3n) is 10.7. The Balaban J connectivity index is 0.971. The number of hydrogen-bond donors (Lipinski definition) is 3. The maximum absolute atomic E-state index is 12.8. The van der Waals surface area contributed by atoms with Gasteiger partial charge in [0.2, 0.25) is 0 Å². The monoisotopic (exact) mass is 641 g/mol. The molecule has 5 heterocycles. The van der Waals surface area contributed by atoms with Gasteiger partial charge in [0.25, 0.3) is 5.91 Å². The van der Waals surface area contributed by atoms with Crippen LogP contribution >= 0.6 is 0 Å². The van der Waals surface area contributed by atoms with E-state index in [1.807, 2.05) is 59.3 Å². The fourth-order valence-corrected chi connectivity index (χ4v) is 8.52. The minimum absolute atomic E-state index is 0.0579. The molecular weight excluding hydrogens is 594 g/mol. The number of hydrogen-bond acceptors (Lipinski definition) is 7. The predicted octanol–water partition coefficient (Wildman–Crippen LogP) is 5.22. The van der Waals surface area contributed by atoms with Gasteiger partial charge in [0, 0.05) is 56.3 Å². The molecule has 0 saturated carbocycles. The minimum atomic E-state index is -0.799. The van der Waals surface area contributed by atoms with Gasteiger partial charge in [0.1, 0.15) is 28.6 Å². The van der Waals surface area contributed by atoms with Crippen molar-refractivity contribution in [2.75, 3.05) is 51.1 Å². The molecule has 4 aliphatic heterocycles. The van der Waals surface area contributed by atoms with Crippen molar-refractivity contribution in [1.29, 1.82) is 0 Å². The molecule has 250 valence electrons. The Morgan fingerprint density at radius 3 is 2.30 bits per heavy atom. The Kier molecular flexibility index (Phi) is 8.38. The van der Waals surface area contributed by atoms with E-state index in [1.54, 1.807) is 4.90 Å². The molecule has 4 aliphatic rings. The molecule has 2 aromatic carbocycles. The van der Waals surface area contributed by atoms with Gasteiger partial charge < -0.3 is 25.8 Å². The Hall–Kier alpha value is -4.09. The number of amides is 2. The van der Waals surface area contributed by atoms with Crippen LogP contribution in [0.2, 0.25) is 0 Å². The van der Waals surface area contributed by atoms with Crippen LogP contribution in [0.4, 0.5) is 10.6 Å². The van der Waals surface area contributed by atoms with Crippen molar-refractivity contribution in [3.05, 3.63) is 60.2 Å². The number of likely N-dealkylation sites (tertiary alicyclic amines) is 3. The van der Waals surface area contributed by atoms with E-state index in [0.717, 1.165) is 75.7 Å². The van der Waals surface area contributed by atoms with E-state index in [0.29, 0.717) is 41.4 Å². The number of primary amides is 1. The SMILES string of the molecule is CC(C)(C)C1C(CN2CC(N3CCC(C4CCNc5c(C(N)=O)c(-c6ccc(Oc7ccccc7)cc6)nn54)CC3)C2)CN1C(=O)O. The number of para-hydroxylation sites is 1. The summed E-state index contributed by atoms with van der Waals surface area (Å²) in [4.78, 5) is 31.2. The van der Waals surface area contributed by atoms with Crippen molar-refractivity contribution in [2.24, 2.45) is 23.0 Å². The van der Waals surface area contributed by atoms with Crippen molar-refractivity contribution in [1.82, 2.24) is 24.5 Å². The molecule has 3 saturated heterocycles. The number of nitrogens with one attached hydrogen (secondary N) is 1. The van der Waals surface area contributed by atoms with Crippen LogP contribution < -0.4 is 15.8 Å². The van der Waals surface area contributed by atoms with E-state index in [9.17, 15) is 14.7 Å².